The van der Waals surface area contributed by atoms with Crippen molar-refractivity contribution in [2.75, 3.05) is 0 Å². The number of fused-ring (bicyclic) bond motifs is 1. The van der Waals surface area contributed by atoms with Crippen LogP contribution in [0.25, 0.3) is 11.1 Å². The Balaban J connectivity index is 1.33. The summed E-state index contributed by atoms with van der Waals surface area (Å²) in [5.74, 6) is -0.577. The summed E-state index contributed by atoms with van der Waals surface area (Å²) in [6.07, 6.45) is 3.21. The zero-order valence-corrected chi connectivity index (χ0v) is 24.1. The fourth-order valence-corrected chi connectivity index (χ4v) is 6.48. The molecule has 0 bridgehead atoms. The highest BCUT2D eigenvalue weighted by Crippen LogP contribution is 2.41. The lowest BCUT2D eigenvalue weighted by Gasteiger charge is -2.42. The molecule has 0 radical (unpaired) electrons. The summed E-state index contributed by atoms with van der Waals surface area (Å²) in [4.78, 5) is 28.2. The van der Waals surface area contributed by atoms with Gasteiger partial charge in [-0.05, 0) is 70.2 Å². The normalized spacial score (nSPS) is 15.8. The van der Waals surface area contributed by atoms with Crippen molar-refractivity contribution in [3.63, 3.8) is 0 Å². The highest BCUT2D eigenvalue weighted by atomic mass is 16.4. The van der Waals surface area contributed by atoms with E-state index in [4.69, 9.17) is 0 Å². The predicted molar refractivity (Wildman–Crippen MR) is 171 cm³/mol. The zero-order chi connectivity index (χ0) is 29.6. The van der Waals surface area contributed by atoms with Crippen LogP contribution in [0.3, 0.4) is 0 Å². The second-order valence-electron chi connectivity index (χ2n) is 11.4. The van der Waals surface area contributed by atoms with Gasteiger partial charge in [0.2, 0.25) is 5.91 Å². The number of nitrogens with zero attached hydrogens (tertiary/aromatic N) is 1. The number of hydrogen-bond donors (Lipinski definition) is 1. The van der Waals surface area contributed by atoms with Gasteiger partial charge in [0.25, 0.3) is 0 Å². The van der Waals surface area contributed by atoms with Crippen LogP contribution in [0.2, 0.25) is 0 Å². The number of carbonyl (C=O) groups excluding carboxylic acids is 1. The van der Waals surface area contributed by atoms with E-state index in [-0.39, 0.29) is 23.9 Å². The van der Waals surface area contributed by atoms with Gasteiger partial charge in [-0.1, -0.05) is 127 Å². The highest BCUT2D eigenvalue weighted by Gasteiger charge is 2.36. The number of rotatable bonds is 9. The van der Waals surface area contributed by atoms with E-state index in [0.717, 1.165) is 36.0 Å². The Kier molecular flexibility index (Phi) is 8.46. The summed E-state index contributed by atoms with van der Waals surface area (Å²) < 4.78 is 0. The Bertz CT molecular complexity index is 1700. The lowest BCUT2D eigenvalue weighted by atomic mass is 9.76. The fraction of sp³-hybridized carbons (Fsp3) is 0.179. The second kappa shape index (κ2) is 12.9. The molecule has 1 aliphatic carbocycles. The Morgan fingerprint density at radius 1 is 0.674 bits per heavy atom. The van der Waals surface area contributed by atoms with E-state index >= 15 is 0 Å². The molecule has 4 heteroatoms. The third-order valence-corrected chi connectivity index (χ3v) is 8.58. The molecule has 5 aromatic rings. The smallest absolute Gasteiger partial charge is 0.336 e. The molecule has 1 amide bonds. The van der Waals surface area contributed by atoms with Crippen LogP contribution >= 0.6 is 0 Å². The van der Waals surface area contributed by atoms with E-state index in [2.05, 4.69) is 65.6 Å². The summed E-state index contributed by atoms with van der Waals surface area (Å²) in [6, 6.07) is 44.2. The van der Waals surface area contributed by atoms with Crippen molar-refractivity contribution in [3.8, 4) is 11.1 Å². The maximum Gasteiger partial charge on any atom is 0.336 e. The van der Waals surface area contributed by atoms with Gasteiger partial charge in [-0.15, -0.1) is 0 Å². The number of carbonyl (C=O) groups is 2. The largest absolute Gasteiger partial charge is 0.478 e. The maximum absolute atomic E-state index is 14.4. The molecule has 6 rings (SSSR count). The minimum Gasteiger partial charge on any atom is -0.478 e. The van der Waals surface area contributed by atoms with Crippen LogP contribution in [-0.2, 0) is 30.6 Å². The number of hydrogen-bond acceptors (Lipinski definition) is 2. The van der Waals surface area contributed by atoms with E-state index in [0.29, 0.717) is 18.0 Å². The Morgan fingerprint density at radius 3 is 2.02 bits per heavy atom. The van der Waals surface area contributed by atoms with E-state index < -0.39 is 5.97 Å². The molecule has 0 aliphatic heterocycles. The minimum absolute atomic E-state index is 0.0421. The first-order chi connectivity index (χ1) is 21.1. The van der Waals surface area contributed by atoms with Gasteiger partial charge in [-0.2, -0.15) is 0 Å². The van der Waals surface area contributed by atoms with Gasteiger partial charge >= 0.3 is 5.97 Å². The molecule has 0 spiro atoms. The maximum atomic E-state index is 14.4. The van der Waals surface area contributed by atoms with E-state index in [1.54, 1.807) is 12.1 Å². The van der Waals surface area contributed by atoms with Crippen LogP contribution in [0.15, 0.2) is 133 Å². The first-order valence-corrected chi connectivity index (χ1v) is 14.9. The van der Waals surface area contributed by atoms with Crippen molar-refractivity contribution >= 4 is 11.9 Å². The minimum atomic E-state index is -0.954. The summed E-state index contributed by atoms with van der Waals surface area (Å²) in [5, 5.41) is 9.64. The molecule has 214 valence electrons. The van der Waals surface area contributed by atoms with Gasteiger partial charge in [0.15, 0.2) is 0 Å². The number of aromatic carboxylic acids is 1. The monoisotopic (exact) mass is 565 g/mol. The quantitative estimate of drug-likeness (QED) is 0.196. The molecule has 0 saturated carbocycles. The van der Waals surface area contributed by atoms with Gasteiger partial charge in [0.1, 0.15) is 0 Å². The number of aryl methyl sites for hydroxylation is 1. The highest BCUT2D eigenvalue weighted by molar-refractivity contribution is 5.96. The van der Waals surface area contributed by atoms with Crippen LogP contribution < -0.4 is 0 Å². The van der Waals surface area contributed by atoms with Gasteiger partial charge in [-0.25, -0.2) is 4.79 Å². The third-order valence-electron chi connectivity index (χ3n) is 8.58. The number of carboxylic acid groups (broad SMARTS) is 1. The molecule has 1 N–H and O–H groups in total. The van der Waals surface area contributed by atoms with E-state index in [1.807, 2.05) is 60.7 Å². The second-order valence-corrected chi connectivity index (χ2v) is 11.4. The number of benzene rings is 5. The Labute approximate surface area is 253 Å². The standard InChI is InChI=1S/C39H35NO3/c41-37(26-29-19-21-32(22-20-29)34-16-9-10-18-36(34)39(42)43)40(27-30-13-5-2-6-14-30)38-33(25-28-11-3-1-4-12-28)24-23-31-15-7-8-17-35(31)38/h1-22,33,38H,23-27H2,(H,42,43). The zero-order valence-electron chi connectivity index (χ0n) is 24.1. The van der Waals surface area contributed by atoms with Crippen molar-refractivity contribution in [2.45, 2.75) is 38.3 Å². The fourth-order valence-electron chi connectivity index (χ4n) is 6.48. The summed E-state index contributed by atoms with van der Waals surface area (Å²) in [5.41, 5.74) is 7.63. The predicted octanol–water partition coefficient (Wildman–Crippen LogP) is 8.17. The van der Waals surface area contributed by atoms with Gasteiger partial charge < -0.3 is 10.0 Å². The van der Waals surface area contributed by atoms with Gasteiger partial charge in [0.05, 0.1) is 18.0 Å². The molecular weight excluding hydrogens is 530 g/mol. The van der Waals surface area contributed by atoms with Crippen molar-refractivity contribution in [1.82, 2.24) is 4.90 Å². The van der Waals surface area contributed by atoms with Crippen molar-refractivity contribution < 1.29 is 14.7 Å². The molecule has 1 aliphatic rings. The van der Waals surface area contributed by atoms with Crippen molar-refractivity contribution in [1.29, 1.82) is 0 Å². The summed E-state index contributed by atoms with van der Waals surface area (Å²) in [7, 11) is 0. The third kappa shape index (κ3) is 6.44. The van der Waals surface area contributed by atoms with Crippen molar-refractivity contribution in [2.24, 2.45) is 5.92 Å². The molecule has 0 aromatic heterocycles. The molecule has 2 atom stereocenters. The van der Waals surface area contributed by atoms with Crippen molar-refractivity contribution in [3.05, 3.63) is 167 Å². The average Bonchev–Trinajstić information content (AvgIpc) is 3.05. The van der Waals surface area contributed by atoms with E-state index in [1.165, 1.54) is 16.7 Å². The van der Waals surface area contributed by atoms with Crippen LogP contribution in [0.4, 0.5) is 0 Å². The van der Waals surface area contributed by atoms with Crippen LogP contribution in [0.5, 0.6) is 0 Å². The molecule has 0 heterocycles. The lowest BCUT2D eigenvalue weighted by Crippen LogP contribution is -2.41. The summed E-state index contributed by atoms with van der Waals surface area (Å²) in [6.45, 7) is 0.536. The lowest BCUT2D eigenvalue weighted by molar-refractivity contribution is -0.135. The molecule has 5 aromatic carbocycles. The first kappa shape index (κ1) is 28.2. The topological polar surface area (TPSA) is 57.6 Å². The molecule has 0 fully saturated rings. The molecule has 4 nitrogen and oxygen atoms in total. The van der Waals surface area contributed by atoms with Crippen LogP contribution in [0.1, 0.15) is 50.6 Å². The molecular formula is C39H35NO3. The van der Waals surface area contributed by atoms with Gasteiger partial charge in [-0.3, -0.25) is 4.79 Å². The van der Waals surface area contributed by atoms with E-state index in [9.17, 15) is 14.7 Å². The molecule has 0 saturated heterocycles. The Hall–Kier alpha value is -4.96. The SMILES string of the molecule is O=C(O)c1ccccc1-c1ccc(CC(=O)N(Cc2ccccc2)C2c3ccccc3CCC2Cc2ccccc2)cc1. The van der Waals surface area contributed by atoms with Crippen LogP contribution in [0, 0.1) is 5.92 Å². The number of carboxylic acids is 1. The summed E-state index contributed by atoms with van der Waals surface area (Å²) >= 11 is 0. The number of amides is 1. The molecule has 2 unspecified atom stereocenters. The molecule has 43 heavy (non-hydrogen) atoms. The average molecular weight is 566 g/mol. The van der Waals surface area contributed by atoms with Gasteiger partial charge in [0, 0.05) is 6.54 Å². The Morgan fingerprint density at radius 2 is 1.30 bits per heavy atom. The van der Waals surface area contributed by atoms with Crippen LogP contribution in [-0.4, -0.2) is 21.9 Å². The first-order valence-electron chi connectivity index (χ1n) is 14.9.